The summed E-state index contributed by atoms with van der Waals surface area (Å²) in [4.78, 5) is 10.8. The van der Waals surface area contributed by atoms with Gasteiger partial charge in [-0.1, -0.05) is 24.6 Å². The Kier molecular flexibility index (Phi) is 3.09. The first-order valence-corrected chi connectivity index (χ1v) is 4.20. The van der Waals surface area contributed by atoms with Crippen molar-refractivity contribution in [3.63, 3.8) is 0 Å². The third-order valence-corrected chi connectivity index (χ3v) is 1.84. The maximum absolute atomic E-state index is 10.8. The van der Waals surface area contributed by atoms with Crippen LogP contribution < -0.4 is 0 Å². The van der Waals surface area contributed by atoms with Gasteiger partial charge in [0, 0.05) is 6.42 Å². The molecular formula is C10H14O. The fraction of sp³-hybridized carbons (Fsp3) is 0.500. The van der Waals surface area contributed by atoms with Crippen LogP contribution in [0.4, 0.5) is 0 Å². The summed E-state index contributed by atoms with van der Waals surface area (Å²) < 4.78 is 0. The molecule has 1 aliphatic rings. The fourth-order valence-corrected chi connectivity index (χ4v) is 1.22. The van der Waals surface area contributed by atoms with E-state index >= 15 is 0 Å². The van der Waals surface area contributed by atoms with Crippen LogP contribution >= 0.6 is 0 Å². The summed E-state index contributed by atoms with van der Waals surface area (Å²) in [6, 6.07) is 0. The van der Waals surface area contributed by atoms with Crippen molar-refractivity contribution in [1.82, 2.24) is 0 Å². The van der Waals surface area contributed by atoms with Crippen LogP contribution in [0.15, 0.2) is 23.8 Å². The Hall–Kier alpha value is -0.850. The fourth-order valence-electron chi connectivity index (χ4n) is 1.22. The largest absolute Gasteiger partial charge is 0.295 e. The molecule has 1 rings (SSSR count). The second kappa shape index (κ2) is 4.12. The molecule has 0 aromatic rings. The highest BCUT2D eigenvalue weighted by Gasteiger charge is 2.09. The Labute approximate surface area is 67.8 Å². The van der Waals surface area contributed by atoms with Crippen LogP contribution in [-0.4, -0.2) is 5.78 Å². The van der Waals surface area contributed by atoms with Crippen molar-refractivity contribution >= 4 is 5.78 Å². The first-order valence-electron chi connectivity index (χ1n) is 4.20. The molecule has 1 nitrogen and oxygen atoms in total. The number of ketones is 1. The smallest absolute Gasteiger partial charge is 0.155 e. The zero-order chi connectivity index (χ0) is 8.10. The van der Waals surface area contributed by atoms with Crippen LogP contribution in [0.2, 0.25) is 0 Å². The van der Waals surface area contributed by atoms with Crippen LogP contribution in [-0.2, 0) is 4.79 Å². The van der Waals surface area contributed by atoms with Crippen molar-refractivity contribution in [2.75, 3.05) is 0 Å². The van der Waals surface area contributed by atoms with E-state index in [0.29, 0.717) is 5.78 Å². The normalized spacial score (nSPS) is 17.9. The number of allylic oxidation sites excluding steroid dienone is 4. The number of hydrogen-bond donors (Lipinski definition) is 0. The van der Waals surface area contributed by atoms with E-state index in [0.717, 1.165) is 25.7 Å². The summed E-state index contributed by atoms with van der Waals surface area (Å²) in [6.45, 7) is 2.12. The minimum atomic E-state index is 0.296. The van der Waals surface area contributed by atoms with Gasteiger partial charge in [-0.3, -0.25) is 4.79 Å². The molecule has 1 aliphatic carbocycles. The van der Waals surface area contributed by atoms with E-state index in [1.54, 1.807) is 6.08 Å². The lowest BCUT2D eigenvalue weighted by atomic mass is 10.1. The number of rotatable bonds is 3. The van der Waals surface area contributed by atoms with Gasteiger partial charge in [-0.05, 0) is 25.3 Å². The zero-order valence-electron chi connectivity index (χ0n) is 6.97. The summed E-state index contributed by atoms with van der Waals surface area (Å²) in [5.41, 5.74) is 1.29. The number of hydrogen-bond acceptors (Lipinski definition) is 1. The lowest BCUT2D eigenvalue weighted by molar-refractivity contribution is -0.114. The number of carbonyl (C=O) groups excluding carboxylic acids is 1. The molecule has 0 saturated carbocycles. The predicted octanol–water partition coefficient (Wildman–Crippen LogP) is 2.63. The quantitative estimate of drug-likeness (QED) is 0.565. The average Bonchev–Trinajstić information content (AvgIpc) is 2.37. The highest BCUT2D eigenvalue weighted by molar-refractivity contribution is 5.92. The second-order valence-corrected chi connectivity index (χ2v) is 2.85. The summed E-state index contributed by atoms with van der Waals surface area (Å²) in [5.74, 6) is 0.296. The van der Waals surface area contributed by atoms with Gasteiger partial charge in [-0.2, -0.15) is 0 Å². The number of carbonyl (C=O) groups is 1. The third-order valence-electron chi connectivity index (χ3n) is 1.84. The van der Waals surface area contributed by atoms with Crippen molar-refractivity contribution < 1.29 is 4.79 Å². The van der Waals surface area contributed by atoms with E-state index in [-0.39, 0.29) is 0 Å². The van der Waals surface area contributed by atoms with Crippen LogP contribution in [0.25, 0.3) is 0 Å². The maximum atomic E-state index is 10.8. The van der Waals surface area contributed by atoms with E-state index in [2.05, 4.69) is 19.1 Å². The molecule has 0 unspecified atom stereocenters. The predicted molar refractivity (Wildman–Crippen MR) is 46.4 cm³/mol. The molecule has 60 valence electrons. The topological polar surface area (TPSA) is 17.1 Å². The molecule has 0 aliphatic heterocycles. The van der Waals surface area contributed by atoms with Crippen molar-refractivity contribution in [1.29, 1.82) is 0 Å². The zero-order valence-corrected chi connectivity index (χ0v) is 6.97. The Morgan fingerprint density at radius 3 is 2.82 bits per heavy atom. The molecular weight excluding hydrogens is 136 g/mol. The van der Waals surface area contributed by atoms with Gasteiger partial charge in [0.2, 0.25) is 0 Å². The summed E-state index contributed by atoms with van der Waals surface area (Å²) in [6.07, 6.45) is 9.84. The second-order valence-electron chi connectivity index (χ2n) is 2.85. The molecule has 0 aromatic heterocycles. The van der Waals surface area contributed by atoms with Crippen molar-refractivity contribution in [3.05, 3.63) is 23.8 Å². The Balaban J connectivity index is 2.33. The monoisotopic (exact) mass is 150 g/mol. The van der Waals surface area contributed by atoms with Gasteiger partial charge in [0.15, 0.2) is 5.78 Å². The first kappa shape index (κ1) is 8.25. The van der Waals surface area contributed by atoms with Gasteiger partial charge < -0.3 is 0 Å². The van der Waals surface area contributed by atoms with Crippen LogP contribution in [0.5, 0.6) is 0 Å². The third kappa shape index (κ3) is 2.71. The summed E-state index contributed by atoms with van der Waals surface area (Å²) >= 11 is 0. The van der Waals surface area contributed by atoms with Gasteiger partial charge in [0.25, 0.3) is 0 Å². The Morgan fingerprint density at radius 2 is 2.27 bits per heavy atom. The lowest BCUT2D eigenvalue weighted by Crippen LogP contribution is -1.80. The van der Waals surface area contributed by atoms with Gasteiger partial charge in [-0.25, -0.2) is 0 Å². The first-order chi connectivity index (χ1) is 5.33. The van der Waals surface area contributed by atoms with E-state index in [1.165, 1.54) is 5.57 Å². The highest BCUT2D eigenvalue weighted by atomic mass is 16.1. The van der Waals surface area contributed by atoms with Crippen LogP contribution in [0.1, 0.15) is 32.6 Å². The summed E-state index contributed by atoms with van der Waals surface area (Å²) in [7, 11) is 0. The maximum Gasteiger partial charge on any atom is 0.155 e. The molecule has 0 fully saturated rings. The Bertz CT molecular complexity index is 199. The Morgan fingerprint density at radius 1 is 1.45 bits per heavy atom. The van der Waals surface area contributed by atoms with Crippen molar-refractivity contribution in [2.45, 2.75) is 32.6 Å². The lowest BCUT2D eigenvalue weighted by Gasteiger charge is -1.91. The molecule has 0 heterocycles. The van der Waals surface area contributed by atoms with Gasteiger partial charge in [0.1, 0.15) is 0 Å². The van der Waals surface area contributed by atoms with E-state index < -0.39 is 0 Å². The van der Waals surface area contributed by atoms with E-state index in [4.69, 9.17) is 0 Å². The molecule has 0 bridgehead atoms. The van der Waals surface area contributed by atoms with Gasteiger partial charge in [-0.15, -0.1) is 0 Å². The molecule has 11 heavy (non-hydrogen) atoms. The molecule has 0 amide bonds. The molecule has 0 saturated heterocycles. The van der Waals surface area contributed by atoms with E-state index in [9.17, 15) is 4.79 Å². The highest BCUT2D eigenvalue weighted by Crippen LogP contribution is 2.18. The van der Waals surface area contributed by atoms with Crippen molar-refractivity contribution in [2.24, 2.45) is 0 Å². The summed E-state index contributed by atoms with van der Waals surface area (Å²) in [5, 5.41) is 0. The molecule has 0 atom stereocenters. The van der Waals surface area contributed by atoms with Crippen LogP contribution in [0.3, 0.4) is 0 Å². The SMILES string of the molecule is CC/C=C/CC1=CC(=O)CC1. The van der Waals surface area contributed by atoms with Crippen LogP contribution in [0, 0.1) is 0 Å². The molecule has 0 N–H and O–H groups in total. The van der Waals surface area contributed by atoms with Crippen molar-refractivity contribution in [3.8, 4) is 0 Å². The standard InChI is InChI=1S/C10H14O/c1-2-3-4-5-9-6-7-10(11)8-9/h3-4,8H,2,5-7H2,1H3/b4-3+. The minimum Gasteiger partial charge on any atom is -0.295 e. The average molecular weight is 150 g/mol. The molecule has 0 spiro atoms. The van der Waals surface area contributed by atoms with E-state index in [1.807, 2.05) is 0 Å². The van der Waals surface area contributed by atoms with Gasteiger partial charge >= 0.3 is 0 Å². The minimum absolute atomic E-state index is 0.296. The molecule has 0 aromatic carbocycles. The van der Waals surface area contributed by atoms with Gasteiger partial charge in [0.05, 0.1) is 0 Å². The molecule has 0 radical (unpaired) electrons. The molecule has 1 heteroatoms.